The molecule has 0 aromatic carbocycles. The first-order valence-corrected chi connectivity index (χ1v) is 3.57. The van der Waals surface area contributed by atoms with E-state index in [0.29, 0.717) is 4.68 Å². The van der Waals surface area contributed by atoms with E-state index in [0.717, 1.165) is 12.3 Å². The van der Waals surface area contributed by atoms with E-state index < -0.39 is 24.0 Å². The van der Waals surface area contributed by atoms with Gasteiger partial charge in [-0.05, 0) is 6.07 Å². The van der Waals surface area contributed by atoms with Crippen LogP contribution in [-0.4, -0.2) is 26.8 Å². The number of carboxylic acids is 1. The maximum atomic E-state index is 12.6. The van der Waals surface area contributed by atoms with Gasteiger partial charge in [-0.2, -0.15) is 13.9 Å². The average Bonchev–Trinajstić information content (AvgIpc) is 2.08. The highest BCUT2D eigenvalue weighted by atomic mass is 19.3. The fourth-order valence-electron chi connectivity index (χ4n) is 0.762. The highest BCUT2D eigenvalue weighted by Gasteiger charge is 2.39. The van der Waals surface area contributed by atoms with Crippen LogP contribution in [0.2, 0.25) is 0 Å². The number of rotatable bonds is 3. The summed E-state index contributed by atoms with van der Waals surface area (Å²) < 4.78 is 25.6. The summed E-state index contributed by atoms with van der Waals surface area (Å²) >= 11 is 0. The monoisotopic (exact) mass is 204 g/mol. The van der Waals surface area contributed by atoms with Gasteiger partial charge in [-0.1, -0.05) is 0 Å². The number of carboxylic acid groups (broad SMARTS) is 1. The molecule has 0 atom stereocenters. The van der Waals surface area contributed by atoms with E-state index in [4.69, 9.17) is 5.11 Å². The van der Waals surface area contributed by atoms with Crippen LogP contribution in [0.3, 0.4) is 0 Å². The van der Waals surface area contributed by atoms with Gasteiger partial charge in [0.05, 0.1) is 0 Å². The molecule has 0 saturated carbocycles. The van der Waals surface area contributed by atoms with Crippen molar-refractivity contribution in [2.75, 3.05) is 0 Å². The molecule has 0 fully saturated rings. The molecule has 0 amide bonds. The molecule has 0 aliphatic heterocycles. The van der Waals surface area contributed by atoms with Gasteiger partial charge in [0.1, 0.15) is 6.54 Å². The first kappa shape index (κ1) is 10.3. The number of aliphatic carboxylic acids is 1. The number of nitrogens with zero attached hydrogens (tertiary/aromatic N) is 2. The molecular weight excluding hydrogens is 198 g/mol. The van der Waals surface area contributed by atoms with Crippen LogP contribution in [0.5, 0.6) is 0 Å². The summed E-state index contributed by atoms with van der Waals surface area (Å²) in [5, 5.41) is 11.4. The molecule has 1 N–H and O–H groups in total. The Bertz CT molecular complexity index is 402. The Morgan fingerprint density at radius 1 is 1.64 bits per heavy atom. The van der Waals surface area contributed by atoms with Crippen LogP contribution in [0.4, 0.5) is 8.78 Å². The van der Waals surface area contributed by atoms with E-state index in [1.807, 2.05) is 0 Å². The third-order valence-corrected chi connectivity index (χ3v) is 1.45. The predicted molar refractivity (Wildman–Crippen MR) is 41.1 cm³/mol. The Hall–Kier alpha value is -1.79. The second-order valence-electron chi connectivity index (χ2n) is 2.53. The van der Waals surface area contributed by atoms with Gasteiger partial charge in [-0.25, -0.2) is 9.48 Å². The summed E-state index contributed by atoms with van der Waals surface area (Å²) in [5.74, 6) is -6.27. The molecule has 1 aromatic heterocycles. The van der Waals surface area contributed by atoms with Gasteiger partial charge in [-0.15, -0.1) is 0 Å². The normalized spacial score (nSPS) is 11.3. The summed E-state index contributed by atoms with van der Waals surface area (Å²) in [6.45, 7) is -1.26. The molecule has 0 aliphatic carbocycles. The molecule has 0 unspecified atom stereocenters. The second kappa shape index (κ2) is 3.52. The van der Waals surface area contributed by atoms with Crippen LogP contribution in [0.15, 0.2) is 23.1 Å². The minimum absolute atomic E-state index is 0.397. The first-order valence-electron chi connectivity index (χ1n) is 3.57. The molecule has 1 rings (SSSR count). The lowest BCUT2D eigenvalue weighted by Gasteiger charge is -2.10. The highest BCUT2D eigenvalue weighted by Crippen LogP contribution is 2.14. The largest absolute Gasteiger partial charge is 0.477 e. The number of carbonyl (C=O) groups is 1. The van der Waals surface area contributed by atoms with Crippen molar-refractivity contribution in [1.82, 2.24) is 9.78 Å². The van der Waals surface area contributed by atoms with Crippen molar-refractivity contribution >= 4 is 5.97 Å². The Balaban J connectivity index is 2.95. The van der Waals surface area contributed by atoms with Gasteiger partial charge in [-0.3, -0.25) is 4.79 Å². The molecule has 1 aromatic rings. The predicted octanol–water partition coefficient (Wildman–Crippen LogP) is -0.0368. The minimum Gasteiger partial charge on any atom is -0.477 e. The van der Waals surface area contributed by atoms with Crippen molar-refractivity contribution in [2.45, 2.75) is 12.5 Å². The standard InChI is InChI=1S/C7H6F2N2O3/c8-7(9,6(13)14)4-11-5(12)2-1-3-10-11/h1-3H,4H2,(H,13,14). The van der Waals surface area contributed by atoms with Crippen LogP contribution < -0.4 is 5.56 Å². The van der Waals surface area contributed by atoms with Gasteiger partial charge >= 0.3 is 11.9 Å². The molecule has 0 bridgehead atoms. The van der Waals surface area contributed by atoms with E-state index in [1.165, 1.54) is 6.07 Å². The second-order valence-corrected chi connectivity index (χ2v) is 2.53. The minimum atomic E-state index is -3.99. The van der Waals surface area contributed by atoms with E-state index in [2.05, 4.69) is 5.10 Å². The van der Waals surface area contributed by atoms with Crippen molar-refractivity contribution in [3.63, 3.8) is 0 Å². The smallest absolute Gasteiger partial charge is 0.376 e. The Labute approximate surface area is 76.6 Å². The summed E-state index contributed by atoms with van der Waals surface area (Å²) in [6, 6.07) is 2.29. The van der Waals surface area contributed by atoms with E-state index in [-0.39, 0.29) is 0 Å². The number of halogens is 2. The van der Waals surface area contributed by atoms with Crippen LogP contribution in [-0.2, 0) is 11.3 Å². The topological polar surface area (TPSA) is 72.2 Å². The molecule has 0 radical (unpaired) electrons. The summed E-state index contributed by atoms with van der Waals surface area (Å²) in [7, 11) is 0. The van der Waals surface area contributed by atoms with Crippen molar-refractivity contribution < 1.29 is 18.7 Å². The summed E-state index contributed by atoms with van der Waals surface area (Å²) in [4.78, 5) is 20.9. The molecule has 14 heavy (non-hydrogen) atoms. The Kier molecular flexibility index (Phi) is 2.59. The van der Waals surface area contributed by atoms with Crippen LogP contribution in [0.1, 0.15) is 0 Å². The number of hydrogen-bond acceptors (Lipinski definition) is 3. The van der Waals surface area contributed by atoms with Crippen LogP contribution >= 0.6 is 0 Å². The van der Waals surface area contributed by atoms with Crippen molar-refractivity contribution in [2.24, 2.45) is 0 Å². The van der Waals surface area contributed by atoms with Crippen molar-refractivity contribution in [1.29, 1.82) is 0 Å². The fraction of sp³-hybridized carbons (Fsp3) is 0.286. The zero-order valence-corrected chi connectivity index (χ0v) is 6.85. The lowest BCUT2D eigenvalue weighted by Crippen LogP contribution is -2.38. The number of alkyl halides is 2. The van der Waals surface area contributed by atoms with Gasteiger partial charge in [0.2, 0.25) is 0 Å². The average molecular weight is 204 g/mol. The van der Waals surface area contributed by atoms with E-state index in [9.17, 15) is 18.4 Å². The lowest BCUT2D eigenvalue weighted by molar-refractivity contribution is -0.167. The third kappa shape index (κ3) is 2.12. The molecule has 1 heterocycles. The zero-order chi connectivity index (χ0) is 10.8. The maximum absolute atomic E-state index is 12.6. The summed E-state index contributed by atoms with van der Waals surface area (Å²) in [5.41, 5.74) is -0.770. The van der Waals surface area contributed by atoms with Gasteiger partial charge in [0.25, 0.3) is 5.56 Å². The number of aromatic nitrogens is 2. The highest BCUT2D eigenvalue weighted by molar-refractivity contribution is 5.75. The van der Waals surface area contributed by atoms with Crippen LogP contribution in [0.25, 0.3) is 0 Å². The fourth-order valence-corrected chi connectivity index (χ4v) is 0.762. The first-order chi connectivity index (χ1) is 6.43. The third-order valence-electron chi connectivity index (χ3n) is 1.45. The zero-order valence-electron chi connectivity index (χ0n) is 6.85. The van der Waals surface area contributed by atoms with E-state index >= 15 is 0 Å². The van der Waals surface area contributed by atoms with Crippen LogP contribution in [0, 0.1) is 0 Å². The molecule has 7 heteroatoms. The van der Waals surface area contributed by atoms with Gasteiger partial charge in [0.15, 0.2) is 0 Å². The number of hydrogen-bond donors (Lipinski definition) is 1. The molecular formula is C7H6F2N2O3. The van der Waals surface area contributed by atoms with Gasteiger partial charge in [0, 0.05) is 12.3 Å². The summed E-state index contributed by atoms with van der Waals surface area (Å²) in [6.07, 6.45) is 1.12. The Morgan fingerprint density at radius 2 is 2.29 bits per heavy atom. The Morgan fingerprint density at radius 3 is 2.79 bits per heavy atom. The molecule has 0 saturated heterocycles. The molecule has 0 spiro atoms. The quantitative estimate of drug-likeness (QED) is 0.749. The van der Waals surface area contributed by atoms with Gasteiger partial charge < -0.3 is 5.11 Å². The SMILES string of the molecule is O=C(O)C(F)(F)Cn1ncccc1=O. The molecule has 5 nitrogen and oxygen atoms in total. The van der Waals surface area contributed by atoms with E-state index in [1.54, 1.807) is 0 Å². The molecule has 0 aliphatic rings. The molecule has 76 valence electrons. The van der Waals surface area contributed by atoms with Crippen molar-refractivity contribution in [3.8, 4) is 0 Å². The maximum Gasteiger partial charge on any atom is 0.376 e. The van der Waals surface area contributed by atoms with Crippen molar-refractivity contribution in [3.05, 3.63) is 28.7 Å². The lowest BCUT2D eigenvalue weighted by atomic mass is 10.3.